The highest BCUT2D eigenvalue weighted by molar-refractivity contribution is 6.11. The lowest BCUT2D eigenvalue weighted by Crippen LogP contribution is -1.83. The summed E-state index contributed by atoms with van der Waals surface area (Å²) in [6.45, 7) is 0. The standard InChI is InChI=1S/C20H13/c1-2-7-15(8-3-1)18-11-6-12-19-17-10-5-4-9-16(17)13-14-20(18)19/h1-11,13-14H. The van der Waals surface area contributed by atoms with Crippen LogP contribution >= 0.6 is 0 Å². The monoisotopic (exact) mass is 253 g/mol. The molecule has 4 rings (SSSR count). The van der Waals surface area contributed by atoms with Crippen molar-refractivity contribution in [1.82, 2.24) is 0 Å². The van der Waals surface area contributed by atoms with Gasteiger partial charge in [-0.1, -0.05) is 78.9 Å². The predicted octanol–water partition coefficient (Wildman–Crippen LogP) is 5.46. The van der Waals surface area contributed by atoms with Gasteiger partial charge in [0.2, 0.25) is 0 Å². The first-order valence-corrected chi connectivity index (χ1v) is 6.81. The molecular weight excluding hydrogens is 240 g/mol. The second kappa shape index (κ2) is 4.50. The van der Waals surface area contributed by atoms with Gasteiger partial charge in [-0.2, -0.15) is 0 Å². The molecule has 0 fully saturated rings. The maximum atomic E-state index is 3.40. The van der Waals surface area contributed by atoms with Crippen molar-refractivity contribution in [2.45, 2.75) is 0 Å². The summed E-state index contributed by atoms with van der Waals surface area (Å²) in [5, 5.41) is 4.99. The molecular formula is C20H13. The Morgan fingerprint density at radius 1 is 0.600 bits per heavy atom. The van der Waals surface area contributed by atoms with Crippen molar-refractivity contribution in [2.75, 3.05) is 0 Å². The molecule has 0 N–H and O–H groups in total. The smallest absolute Gasteiger partial charge is 0.00204 e. The number of hydrogen-bond acceptors (Lipinski definition) is 0. The largest absolute Gasteiger partial charge is 0.0622 e. The molecule has 93 valence electrons. The molecule has 0 aliphatic rings. The Morgan fingerprint density at radius 2 is 1.40 bits per heavy atom. The summed E-state index contributed by atoms with van der Waals surface area (Å²) in [5.41, 5.74) is 2.52. The second-order valence-electron chi connectivity index (χ2n) is 4.97. The van der Waals surface area contributed by atoms with E-state index < -0.39 is 0 Å². The molecule has 0 saturated carbocycles. The summed E-state index contributed by atoms with van der Waals surface area (Å²) in [5.74, 6) is 0. The van der Waals surface area contributed by atoms with E-state index >= 15 is 0 Å². The van der Waals surface area contributed by atoms with E-state index in [1.54, 1.807) is 0 Å². The molecule has 0 heterocycles. The van der Waals surface area contributed by atoms with E-state index in [1.165, 1.54) is 32.7 Å². The van der Waals surface area contributed by atoms with E-state index in [2.05, 4.69) is 78.9 Å². The molecule has 0 atom stereocenters. The first-order chi connectivity index (χ1) is 9.93. The first kappa shape index (κ1) is 11.2. The lowest BCUT2D eigenvalue weighted by atomic mass is 9.95. The van der Waals surface area contributed by atoms with E-state index in [0.29, 0.717) is 0 Å². The molecule has 0 heteroatoms. The van der Waals surface area contributed by atoms with Crippen LogP contribution in [0.15, 0.2) is 78.9 Å². The van der Waals surface area contributed by atoms with Crippen LogP contribution in [-0.2, 0) is 0 Å². The van der Waals surface area contributed by atoms with Gasteiger partial charge < -0.3 is 0 Å². The van der Waals surface area contributed by atoms with E-state index in [1.807, 2.05) is 6.07 Å². The van der Waals surface area contributed by atoms with Crippen LogP contribution in [0.3, 0.4) is 0 Å². The summed E-state index contributed by atoms with van der Waals surface area (Å²) < 4.78 is 0. The summed E-state index contributed by atoms with van der Waals surface area (Å²) in [7, 11) is 0. The highest BCUT2D eigenvalue weighted by Gasteiger charge is 2.05. The quantitative estimate of drug-likeness (QED) is 0.395. The van der Waals surface area contributed by atoms with Gasteiger partial charge in [0, 0.05) is 0 Å². The third kappa shape index (κ3) is 1.70. The van der Waals surface area contributed by atoms with Gasteiger partial charge >= 0.3 is 0 Å². The lowest BCUT2D eigenvalue weighted by molar-refractivity contribution is 1.65. The van der Waals surface area contributed by atoms with Gasteiger partial charge in [-0.05, 0) is 38.7 Å². The van der Waals surface area contributed by atoms with E-state index in [9.17, 15) is 0 Å². The summed E-state index contributed by atoms with van der Waals surface area (Å²) >= 11 is 0. The highest BCUT2D eigenvalue weighted by atomic mass is 14.1. The van der Waals surface area contributed by atoms with Crippen molar-refractivity contribution < 1.29 is 0 Å². The van der Waals surface area contributed by atoms with Crippen LogP contribution in [-0.4, -0.2) is 0 Å². The maximum Gasteiger partial charge on any atom is -0.00204 e. The van der Waals surface area contributed by atoms with Gasteiger partial charge in [0.15, 0.2) is 0 Å². The Morgan fingerprint density at radius 3 is 2.30 bits per heavy atom. The van der Waals surface area contributed by atoms with Crippen LogP contribution in [0.25, 0.3) is 32.7 Å². The number of hydrogen-bond donors (Lipinski definition) is 0. The third-order valence-electron chi connectivity index (χ3n) is 3.78. The second-order valence-corrected chi connectivity index (χ2v) is 4.97. The maximum absolute atomic E-state index is 3.40. The number of rotatable bonds is 1. The average molecular weight is 253 g/mol. The van der Waals surface area contributed by atoms with Crippen molar-refractivity contribution in [3.63, 3.8) is 0 Å². The Bertz CT molecular complexity index is 889. The fourth-order valence-corrected chi connectivity index (χ4v) is 2.82. The zero-order chi connectivity index (χ0) is 13.4. The van der Waals surface area contributed by atoms with Crippen molar-refractivity contribution in [2.24, 2.45) is 0 Å². The third-order valence-corrected chi connectivity index (χ3v) is 3.78. The van der Waals surface area contributed by atoms with E-state index in [4.69, 9.17) is 0 Å². The minimum absolute atomic E-state index is 1.20. The zero-order valence-electron chi connectivity index (χ0n) is 11.0. The fraction of sp³-hybridized carbons (Fsp3) is 0. The molecule has 0 nitrogen and oxygen atoms in total. The molecule has 0 saturated heterocycles. The Balaban J connectivity index is 2.12. The van der Waals surface area contributed by atoms with Crippen LogP contribution in [0.5, 0.6) is 0 Å². The molecule has 0 amide bonds. The molecule has 20 heavy (non-hydrogen) atoms. The van der Waals surface area contributed by atoms with Crippen molar-refractivity contribution in [3.8, 4) is 11.1 Å². The van der Waals surface area contributed by atoms with Gasteiger partial charge in [0.1, 0.15) is 0 Å². The minimum Gasteiger partial charge on any atom is -0.0622 e. The molecule has 0 spiro atoms. The van der Waals surface area contributed by atoms with Crippen LogP contribution in [0, 0.1) is 6.07 Å². The Kier molecular flexibility index (Phi) is 2.53. The molecule has 0 unspecified atom stereocenters. The summed E-state index contributed by atoms with van der Waals surface area (Å²) in [4.78, 5) is 0. The van der Waals surface area contributed by atoms with Gasteiger partial charge in [-0.15, -0.1) is 0 Å². The van der Waals surface area contributed by atoms with Gasteiger partial charge in [-0.25, -0.2) is 0 Å². The molecule has 4 aromatic rings. The molecule has 0 aliphatic carbocycles. The lowest BCUT2D eigenvalue weighted by Gasteiger charge is -2.09. The van der Waals surface area contributed by atoms with Gasteiger partial charge in [-0.3, -0.25) is 0 Å². The van der Waals surface area contributed by atoms with Crippen molar-refractivity contribution in [3.05, 3.63) is 84.9 Å². The Labute approximate surface area is 118 Å². The van der Waals surface area contributed by atoms with Crippen LogP contribution in [0.2, 0.25) is 0 Å². The molecule has 4 aromatic carbocycles. The van der Waals surface area contributed by atoms with Crippen molar-refractivity contribution in [1.29, 1.82) is 0 Å². The molecule has 0 aromatic heterocycles. The molecule has 1 radical (unpaired) electrons. The highest BCUT2D eigenvalue weighted by Crippen LogP contribution is 2.32. The average Bonchev–Trinajstić information content (AvgIpc) is 2.55. The summed E-state index contributed by atoms with van der Waals surface area (Å²) in [6.07, 6.45) is 0. The Hall–Kier alpha value is -2.60. The van der Waals surface area contributed by atoms with Crippen LogP contribution in [0.4, 0.5) is 0 Å². The van der Waals surface area contributed by atoms with E-state index in [0.717, 1.165) is 0 Å². The SMILES string of the molecule is [c]1ccc(-c2ccccc2)c2ccc3ccccc3c12. The van der Waals surface area contributed by atoms with Crippen LogP contribution in [0.1, 0.15) is 0 Å². The zero-order valence-corrected chi connectivity index (χ0v) is 11.0. The van der Waals surface area contributed by atoms with Gasteiger partial charge in [0.25, 0.3) is 0 Å². The summed E-state index contributed by atoms with van der Waals surface area (Å²) in [6, 6.07) is 31.0. The fourth-order valence-electron chi connectivity index (χ4n) is 2.82. The molecule has 0 bridgehead atoms. The van der Waals surface area contributed by atoms with Crippen LogP contribution < -0.4 is 0 Å². The number of fused-ring (bicyclic) bond motifs is 3. The first-order valence-electron chi connectivity index (χ1n) is 6.81. The topological polar surface area (TPSA) is 0 Å². The normalized spacial score (nSPS) is 11.0. The van der Waals surface area contributed by atoms with Crippen molar-refractivity contribution >= 4 is 21.5 Å². The molecule has 0 aliphatic heterocycles. The number of benzene rings is 4. The van der Waals surface area contributed by atoms with Gasteiger partial charge in [0.05, 0.1) is 0 Å². The minimum atomic E-state index is 1.20. The van der Waals surface area contributed by atoms with E-state index in [-0.39, 0.29) is 0 Å². The predicted molar refractivity (Wildman–Crippen MR) is 85.7 cm³/mol.